The molecule has 0 bridgehead atoms. The van der Waals surface area contributed by atoms with E-state index in [0.717, 1.165) is 20.1 Å². The number of benzene rings is 2. The second-order valence-electron chi connectivity index (χ2n) is 4.68. The first-order valence-corrected chi connectivity index (χ1v) is 7.59. The lowest BCUT2D eigenvalue weighted by molar-refractivity contribution is 0.102. The summed E-state index contributed by atoms with van der Waals surface area (Å²) in [5.41, 5.74) is 9.75. The van der Waals surface area contributed by atoms with Crippen molar-refractivity contribution in [1.29, 1.82) is 0 Å². The minimum Gasteiger partial charge on any atom is -0.397 e. The molecule has 0 aromatic heterocycles. The van der Waals surface area contributed by atoms with Crippen LogP contribution in [-0.4, -0.2) is 5.91 Å². The van der Waals surface area contributed by atoms with Crippen molar-refractivity contribution >= 4 is 49.1 Å². The molecule has 0 aliphatic heterocycles. The van der Waals surface area contributed by atoms with Gasteiger partial charge in [-0.2, -0.15) is 0 Å². The molecule has 0 aliphatic rings. The van der Waals surface area contributed by atoms with E-state index in [1.165, 1.54) is 0 Å². The van der Waals surface area contributed by atoms with Crippen molar-refractivity contribution in [2.45, 2.75) is 13.8 Å². The summed E-state index contributed by atoms with van der Waals surface area (Å²) in [6.45, 7) is 3.93. The van der Waals surface area contributed by atoms with Crippen LogP contribution in [0, 0.1) is 13.8 Å². The summed E-state index contributed by atoms with van der Waals surface area (Å²) >= 11 is 6.76. The molecule has 0 atom stereocenters. The molecule has 0 radical (unpaired) electrons. The van der Waals surface area contributed by atoms with Crippen LogP contribution in [0.1, 0.15) is 21.5 Å². The Morgan fingerprint density at radius 2 is 1.65 bits per heavy atom. The number of nitrogen functional groups attached to an aromatic ring is 1. The Bertz CT molecular complexity index is 640. The molecule has 0 fully saturated rings. The van der Waals surface area contributed by atoms with E-state index in [0.29, 0.717) is 16.9 Å². The van der Waals surface area contributed by atoms with E-state index >= 15 is 0 Å². The molecule has 0 saturated carbocycles. The van der Waals surface area contributed by atoms with Gasteiger partial charge in [0, 0.05) is 14.5 Å². The number of anilines is 2. The number of nitrogens with two attached hydrogens (primary N) is 1. The molecule has 2 rings (SSSR count). The molecular weight excluding hydrogens is 384 g/mol. The third-order valence-corrected chi connectivity index (χ3v) is 3.89. The number of hydrogen-bond acceptors (Lipinski definition) is 2. The van der Waals surface area contributed by atoms with Crippen LogP contribution in [0.2, 0.25) is 0 Å². The predicted octanol–water partition coefficient (Wildman–Crippen LogP) is 4.66. The van der Waals surface area contributed by atoms with Gasteiger partial charge >= 0.3 is 0 Å². The minimum absolute atomic E-state index is 0.175. The number of nitrogens with one attached hydrogen (secondary N) is 1. The van der Waals surface area contributed by atoms with Crippen LogP contribution in [-0.2, 0) is 0 Å². The number of hydrogen-bond donors (Lipinski definition) is 2. The number of aryl methyl sites for hydroxylation is 2. The van der Waals surface area contributed by atoms with E-state index in [-0.39, 0.29) is 5.91 Å². The highest BCUT2D eigenvalue weighted by Crippen LogP contribution is 2.32. The Morgan fingerprint density at radius 1 is 1.05 bits per heavy atom. The molecule has 2 aromatic carbocycles. The molecule has 0 spiro atoms. The van der Waals surface area contributed by atoms with Crippen molar-refractivity contribution in [3.8, 4) is 0 Å². The minimum atomic E-state index is -0.175. The molecule has 0 aliphatic carbocycles. The number of carbonyl (C=O) groups is 1. The van der Waals surface area contributed by atoms with Crippen LogP contribution in [0.3, 0.4) is 0 Å². The number of rotatable bonds is 2. The predicted molar refractivity (Wildman–Crippen MR) is 90.1 cm³/mol. The fourth-order valence-electron chi connectivity index (χ4n) is 2.02. The molecule has 5 heteroatoms. The van der Waals surface area contributed by atoms with Gasteiger partial charge in [0.1, 0.15) is 0 Å². The summed E-state index contributed by atoms with van der Waals surface area (Å²) in [6, 6.07) is 9.33. The monoisotopic (exact) mass is 396 g/mol. The van der Waals surface area contributed by atoms with Gasteiger partial charge in [0.15, 0.2) is 0 Å². The van der Waals surface area contributed by atoms with E-state index in [2.05, 4.69) is 37.2 Å². The third-order valence-electron chi connectivity index (χ3n) is 2.81. The van der Waals surface area contributed by atoms with Crippen molar-refractivity contribution in [2.24, 2.45) is 0 Å². The Hall–Kier alpha value is -1.33. The summed E-state index contributed by atoms with van der Waals surface area (Å²) in [4.78, 5) is 12.3. The van der Waals surface area contributed by atoms with Crippen LogP contribution in [0.15, 0.2) is 39.3 Å². The van der Waals surface area contributed by atoms with Gasteiger partial charge in [-0.3, -0.25) is 4.79 Å². The van der Waals surface area contributed by atoms with Gasteiger partial charge < -0.3 is 11.1 Å². The van der Waals surface area contributed by atoms with E-state index in [4.69, 9.17) is 5.73 Å². The average Bonchev–Trinajstić information content (AvgIpc) is 2.32. The zero-order chi connectivity index (χ0) is 14.9. The summed E-state index contributed by atoms with van der Waals surface area (Å²) in [5.74, 6) is -0.175. The first kappa shape index (κ1) is 15.1. The lowest BCUT2D eigenvalue weighted by atomic mass is 10.1. The molecule has 0 saturated heterocycles. The van der Waals surface area contributed by atoms with Crippen LogP contribution < -0.4 is 11.1 Å². The van der Waals surface area contributed by atoms with Gasteiger partial charge in [-0.1, -0.05) is 33.1 Å². The maximum absolute atomic E-state index is 12.3. The highest BCUT2D eigenvalue weighted by molar-refractivity contribution is 9.11. The smallest absolute Gasteiger partial charge is 0.255 e. The Kier molecular flexibility index (Phi) is 4.50. The number of carbonyl (C=O) groups excluding carboxylic acids is 1. The lowest BCUT2D eigenvalue weighted by Crippen LogP contribution is -2.14. The first-order valence-electron chi connectivity index (χ1n) is 6.01. The largest absolute Gasteiger partial charge is 0.397 e. The zero-order valence-corrected chi connectivity index (χ0v) is 14.3. The molecule has 0 heterocycles. The van der Waals surface area contributed by atoms with Crippen LogP contribution in [0.5, 0.6) is 0 Å². The molecule has 104 valence electrons. The molecule has 2 aromatic rings. The summed E-state index contributed by atoms with van der Waals surface area (Å²) < 4.78 is 1.59. The molecule has 0 unspecified atom stereocenters. The van der Waals surface area contributed by atoms with Gasteiger partial charge in [-0.25, -0.2) is 0 Å². The van der Waals surface area contributed by atoms with E-state index in [9.17, 15) is 4.79 Å². The van der Waals surface area contributed by atoms with Crippen molar-refractivity contribution in [3.05, 3.63) is 56.0 Å². The van der Waals surface area contributed by atoms with Crippen LogP contribution in [0.4, 0.5) is 11.4 Å². The highest BCUT2D eigenvalue weighted by atomic mass is 79.9. The van der Waals surface area contributed by atoms with Gasteiger partial charge in [0.25, 0.3) is 5.91 Å². The molecular formula is C15H14Br2N2O. The number of halogens is 2. The fourth-order valence-corrected chi connectivity index (χ4v) is 3.37. The molecule has 3 nitrogen and oxygen atoms in total. The van der Waals surface area contributed by atoms with Crippen molar-refractivity contribution in [3.63, 3.8) is 0 Å². The maximum atomic E-state index is 12.3. The van der Waals surface area contributed by atoms with E-state index < -0.39 is 0 Å². The highest BCUT2D eigenvalue weighted by Gasteiger charge is 2.12. The maximum Gasteiger partial charge on any atom is 0.255 e. The summed E-state index contributed by atoms with van der Waals surface area (Å²) in [5, 5.41) is 2.84. The molecule has 1 amide bonds. The molecule has 20 heavy (non-hydrogen) atoms. The third kappa shape index (κ3) is 3.41. The van der Waals surface area contributed by atoms with Crippen molar-refractivity contribution < 1.29 is 4.79 Å². The van der Waals surface area contributed by atoms with Gasteiger partial charge in [0.05, 0.1) is 11.4 Å². The van der Waals surface area contributed by atoms with Crippen molar-refractivity contribution in [2.75, 3.05) is 11.1 Å². The Balaban J connectivity index is 2.32. The summed E-state index contributed by atoms with van der Waals surface area (Å²) in [7, 11) is 0. The lowest BCUT2D eigenvalue weighted by Gasteiger charge is -2.12. The van der Waals surface area contributed by atoms with Crippen LogP contribution >= 0.6 is 31.9 Å². The summed E-state index contributed by atoms with van der Waals surface area (Å²) in [6.07, 6.45) is 0. The van der Waals surface area contributed by atoms with Crippen LogP contribution in [0.25, 0.3) is 0 Å². The van der Waals surface area contributed by atoms with E-state index in [1.54, 1.807) is 6.07 Å². The normalized spacial score (nSPS) is 10.4. The number of amides is 1. The van der Waals surface area contributed by atoms with Gasteiger partial charge in [-0.05, 0) is 54.0 Å². The topological polar surface area (TPSA) is 55.1 Å². The SMILES string of the molecule is Cc1cc(C)cc(C(=O)Nc2c(N)cc(Br)cc2Br)c1. The zero-order valence-electron chi connectivity index (χ0n) is 11.1. The second kappa shape index (κ2) is 5.97. The average molecular weight is 398 g/mol. The fraction of sp³-hybridized carbons (Fsp3) is 0.133. The quantitative estimate of drug-likeness (QED) is 0.723. The first-order chi connectivity index (χ1) is 9.36. The molecule has 3 N–H and O–H groups in total. The van der Waals surface area contributed by atoms with E-state index in [1.807, 2.05) is 38.1 Å². The standard InChI is InChI=1S/C15H14Br2N2O/c1-8-3-9(2)5-10(4-8)15(20)19-14-12(17)6-11(16)7-13(14)18/h3-7H,18H2,1-2H3,(H,19,20). The Labute approximate surface area is 134 Å². The van der Waals surface area contributed by atoms with Gasteiger partial charge in [0.2, 0.25) is 0 Å². The second-order valence-corrected chi connectivity index (χ2v) is 6.45. The van der Waals surface area contributed by atoms with Crippen molar-refractivity contribution in [1.82, 2.24) is 0 Å². The Morgan fingerprint density at radius 3 is 2.20 bits per heavy atom. The van der Waals surface area contributed by atoms with Gasteiger partial charge in [-0.15, -0.1) is 0 Å².